The average molecular weight is 225 g/mol. The topological polar surface area (TPSA) is 29.1 Å². The minimum Gasteiger partial charge on any atom is -0.378 e. The Morgan fingerprint density at radius 2 is 1.65 bits per heavy atom. The number of Topliss-reactive ketones (excluding diaryl/α,β-unsaturated/α-hetero) is 1. The highest BCUT2D eigenvalue weighted by Gasteiger charge is 2.04. The predicted molar refractivity (Wildman–Crippen MR) is 70.4 cm³/mol. The molecular weight excluding hydrogens is 210 g/mol. The van der Waals surface area contributed by atoms with Gasteiger partial charge < -0.3 is 5.32 Å². The minimum absolute atomic E-state index is 0.105. The van der Waals surface area contributed by atoms with Crippen LogP contribution in [0, 0.1) is 6.92 Å². The van der Waals surface area contributed by atoms with Crippen LogP contribution in [-0.2, 0) is 0 Å². The Morgan fingerprint density at radius 1 is 1.00 bits per heavy atom. The van der Waals surface area contributed by atoms with Crippen LogP contribution in [0.15, 0.2) is 54.6 Å². The van der Waals surface area contributed by atoms with Crippen LogP contribution in [0.4, 0.5) is 5.69 Å². The molecule has 2 heteroatoms. The highest BCUT2D eigenvalue weighted by Crippen LogP contribution is 2.07. The second-order valence-electron chi connectivity index (χ2n) is 4.01. The summed E-state index contributed by atoms with van der Waals surface area (Å²) in [5, 5.41) is 3.11. The highest BCUT2D eigenvalue weighted by atomic mass is 16.1. The molecule has 2 nitrogen and oxygen atoms in total. The zero-order valence-corrected chi connectivity index (χ0v) is 9.81. The maximum Gasteiger partial charge on any atom is 0.181 e. The maximum atomic E-state index is 11.9. The molecule has 2 aromatic rings. The molecule has 0 aromatic heterocycles. The average Bonchev–Trinajstić information content (AvgIpc) is 2.38. The highest BCUT2D eigenvalue weighted by molar-refractivity contribution is 5.98. The standard InChI is InChI=1S/C15H15NO/c1-12-7-9-13(10-8-12)15(17)11-16-14-5-3-2-4-6-14/h2-10,16H,11H2,1H3. The number of anilines is 1. The van der Waals surface area contributed by atoms with Gasteiger partial charge in [-0.15, -0.1) is 0 Å². The molecule has 0 heterocycles. The fourth-order valence-corrected chi connectivity index (χ4v) is 1.58. The molecule has 0 aliphatic carbocycles. The van der Waals surface area contributed by atoms with Crippen molar-refractivity contribution >= 4 is 11.5 Å². The van der Waals surface area contributed by atoms with Gasteiger partial charge in [0.25, 0.3) is 0 Å². The molecule has 0 aliphatic heterocycles. The maximum absolute atomic E-state index is 11.9. The van der Waals surface area contributed by atoms with Crippen LogP contribution in [0.5, 0.6) is 0 Å². The molecule has 2 aromatic carbocycles. The van der Waals surface area contributed by atoms with Crippen molar-refractivity contribution in [3.05, 3.63) is 65.7 Å². The third kappa shape index (κ3) is 3.18. The lowest BCUT2D eigenvalue weighted by molar-refractivity contribution is 0.101. The van der Waals surface area contributed by atoms with Crippen molar-refractivity contribution in [2.75, 3.05) is 11.9 Å². The van der Waals surface area contributed by atoms with E-state index in [0.29, 0.717) is 6.54 Å². The van der Waals surface area contributed by atoms with Crippen LogP contribution in [0.2, 0.25) is 0 Å². The van der Waals surface area contributed by atoms with Gasteiger partial charge in [-0.1, -0.05) is 48.0 Å². The van der Waals surface area contributed by atoms with E-state index in [-0.39, 0.29) is 5.78 Å². The third-order valence-electron chi connectivity index (χ3n) is 2.60. The summed E-state index contributed by atoms with van der Waals surface area (Å²) in [5.74, 6) is 0.105. The van der Waals surface area contributed by atoms with Gasteiger partial charge in [0.2, 0.25) is 0 Å². The largest absolute Gasteiger partial charge is 0.378 e. The molecule has 1 N–H and O–H groups in total. The van der Waals surface area contributed by atoms with Crippen LogP contribution in [0.25, 0.3) is 0 Å². The molecule has 0 amide bonds. The molecule has 0 spiro atoms. The van der Waals surface area contributed by atoms with Gasteiger partial charge in [0, 0.05) is 11.3 Å². The van der Waals surface area contributed by atoms with Gasteiger partial charge in [-0.05, 0) is 19.1 Å². The Balaban J connectivity index is 1.96. The number of carbonyl (C=O) groups excluding carboxylic acids is 1. The number of carbonyl (C=O) groups is 1. The number of hydrogen-bond acceptors (Lipinski definition) is 2. The summed E-state index contributed by atoms with van der Waals surface area (Å²) in [5.41, 5.74) is 2.88. The van der Waals surface area contributed by atoms with Gasteiger partial charge in [-0.3, -0.25) is 4.79 Å². The van der Waals surface area contributed by atoms with Gasteiger partial charge in [0.05, 0.1) is 6.54 Å². The van der Waals surface area contributed by atoms with E-state index in [4.69, 9.17) is 0 Å². The quantitative estimate of drug-likeness (QED) is 0.809. The fraction of sp³-hybridized carbons (Fsp3) is 0.133. The summed E-state index contributed by atoms with van der Waals surface area (Å²) in [7, 11) is 0. The second-order valence-corrected chi connectivity index (χ2v) is 4.01. The van der Waals surface area contributed by atoms with E-state index in [9.17, 15) is 4.79 Å². The molecule has 0 radical (unpaired) electrons. The van der Waals surface area contributed by atoms with Crippen molar-refractivity contribution < 1.29 is 4.79 Å². The monoisotopic (exact) mass is 225 g/mol. The van der Waals surface area contributed by atoms with Crippen LogP contribution in [-0.4, -0.2) is 12.3 Å². The molecule has 0 bridgehead atoms. The van der Waals surface area contributed by atoms with Crippen LogP contribution < -0.4 is 5.32 Å². The first kappa shape index (κ1) is 11.4. The van der Waals surface area contributed by atoms with Crippen LogP contribution >= 0.6 is 0 Å². The van der Waals surface area contributed by atoms with E-state index < -0.39 is 0 Å². The Kier molecular flexibility index (Phi) is 3.55. The lowest BCUT2D eigenvalue weighted by Crippen LogP contribution is -2.13. The summed E-state index contributed by atoms with van der Waals surface area (Å²) < 4.78 is 0. The summed E-state index contributed by atoms with van der Waals surface area (Å²) in [6.07, 6.45) is 0. The third-order valence-corrected chi connectivity index (χ3v) is 2.60. The van der Waals surface area contributed by atoms with Gasteiger partial charge in [0.1, 0.15) is 0 Å². The lowest BCUT2D eigenvalue weighted by atomic mass is 10.1. The first-order chi connectivity index (χ1) is 8.25. The minimum atomic E-state index is 0.105. The fourth-order valence-electron chi connectivity index (χ4n) is 1.58. The molecular formula is C15H15NO. The molecule has 0 saturated heterocycles. The summed E-state index contributed by atoms with van der Waals surface area (Å²) in [4.78, 5) is 11.9. The molecule has 0 unspecified atom stereocenters. The van der Waals surface area contributed by atoms with Crippen molar-refractivity contribution in [2.45, 2.75) is 6.92 Å². The molecule has 0 saturated carbocycles. The number of nitrogens with one attached hydrogen (secondary N) is 1. The van der Waals surface area contributed by atoms with Gasteiger partial charge in [0.15, 0.2) is 5.78 Å². The number of ketones is 1. The van der Waals surface area contributed by atoms with Gasteiger partial charge in [-0.25, -0.2) is 0 Å². The molecule has 86 valence electrons. The zero-order valence-electron chi connectivity index (χ0n) is 9.81. The summed E-state index contributed by atoms with van der Waals surface area (Å²) >= 11 is 0. The number of benzene rings is 2. The Labute approximate surface area is 101 Å². The number of rotatable bonds is 4. The molecule has 0 aliphatic rings. The number of hydrogen-bond donors (Lipinski definition) is 1. The van der Waals surface area contributed by atoms with Gasteiger partial charge in [-0.2, -0.15) is 0 Å². The van der Waals surface area contributed by atoms with Crippen molar-refractivity contribution in [2.24, 2.45) is 0 Å². The zero-order chi connectivity index (χ0) is 12.1. The molecule has 0 atom stereocenters. The summed E-state index contributed by atoms with van der Waals surface area (Å²) in [6.45, 7) is 2.34. The lowest BCUT2D eigenvalue weighted by Gasteiger charge is -2.05. The normalized spacial score (nSPS) is 9.94. The van der Waals surface area contributed by atoms with Crippen molar-refractivity contribution in [1.29, 1.82) is 0 Å². The second kappa shape index (κ2) is 5.30. The Morgan fingerprint density at radius 3 is 2.29 bits per heavy atom. The van der Waals surface area contributed by atoms with E-state index in [1.54, 1.807) is 0 Å². The number of para-hydroxylation sites is 1. The van der Waals surface area contributed by atoms with E-state index in [0.717, 1.165) is 16.8 Å². The van der Waals surface area contributed by atoms with Crippen molar-refractivity contribution in [1.82, 2.24) is 0 Å². The Hall–Kier alpha value is -2.09. The van der Waals surface area contributed by atoms with E-state index in [1.165, 1.54) is 0 Å². The molecule has 0 fully saturated rings. The SMILES string of the molecule is Cc1ccc(C(=O)CNc2ccccc2)cc1. The van der Waals surface area contributed by atoms with Gasteiger partial charge >= 0.3 is 0 Å². The van der Waals surface area contributed by atoms with E-state index in [2.05, 4.69) is 5.32 Å². The van der Waals surface area contributed by atoms with Crippen molar-refractivity contribution in [3.8, 4) is 0 Å². The first-order valence-corrected chi connectivity index (χ1v) is 5.64. The van der Waals surface area contributed by atoms with Crippen LogP contribution in [0.1, 0.15) is 15.9 Å². The molecule has 17 heavy (non-hydrogen) atoms. The molecule has 2 rings (SSSR count). The summed E-state index contributed by atoms with van der Waals surface area (Å²) in [6, 6.07) is 17.4. The predicted octanol–water partition coefficient (Wildman–Crippen LogP) is 3.29. The van der Waals surface area contributed by atoms with E-state index in [1.807, 2.05) is 61.5 Å². The first-order valence-electron chi connectivity index (χ1n) is 5.64. The number of aryl methyl sites for hydroxylation is 1. The van der Waals surface area contributed by atoms with E-state index >= 15 is 0 Å². The smallest absolute Gasteiger partial charge is 0.181 e. The van der Waals surface area contributed by atoms with Crippen molar-refractivity contribution in [3.63, 3.8) is 0 Å². The Bertz CT molecular complexity index is 488. The van der Waals surface area contributed by atoms with Crippen LogP contribution in [0.3, 0.4) is 0 Å².